The number of aromatic nitrogens is 2. The summed E-state index contributed by atoms with van der Waals surface area (Å²) in [6.07, 6.45) is 7.66. The van der Waals surface area contributed by atoms with Crippen LogP contribution in [0.1, 0.15) is 25.7 Å². The Morgan fingerprint density at radius 1 is 1.41 bits per heavy atom. The Morgan fingerprint density at radius 3 is 2.86 bits per heavy atom. The number of nitrogens with one attached hydrogen (secondary N) is 2. The molecule has 2 heterocycles. The van der Waals surface area contributed by atoms with Gasteiger partial charge in [0.15, 0.2) is 0 Å². The van der Waals surface area contributed by atoms with Gasteiger partial charge in [0.1, 0.15) is 6.04 Å². The normalized spacial score (nSPS) is 21.8. The van der Waals surface area contributed by atoms with Crippen molar-refractivity contribution in [1.29, 1.82) is 0 Å². The van der Waals surface area contributed by atoms with Crippen LogP contribution in [0.15, 0.2) is 16.9 Å². The van der Waals surface area contributed by atoms with E-state index in [1.54, 1.807) is 10.9 Å². The van der Waals surface area contributed by atoms with Gasteiger partial charge >= 0.3 is 6.03 Å². The van der Waals surface area contributed by atoms with E-state index in [1.165, 1.54) is 6.42 Å². The summed E-state index contributed by atoms with van der Waals surface area (Å²) in [7, 11) is 0. The molecule has 1 aliphatic heterocycles. The van der Waals surface area contributed by atoms with Gasteiger partial charge in [-0.2, -0.15) is 5.10 Å². The van der Waals surface area contributed by atoms with Gasteiger partial charge in [-0.3, -0.25) is 9.48 Å². The van der Waals surface area contributed by atoms with Gasteiger partial charge in [0, 0.05) is 25.3 Å². The zero-order valence-electron chi connectivity index (χ0n) is 12.3. The SMILES string of the molecule is O=C(NCCn1cc(Br)cn1)NC1CCN(C2CCC2)C1=O. The zero-order chi connectivity index (χ0) is 15.5. The van der Waals surface area contributed by atoms with Gasteiger partial charge in [0.05, 0.1) is 17.2 Å². The van der Waals surface area contributed by atoms with Crippen molar-refractivity contribution in [3.8, 4) is 0 Å². The minimum Gasteiger partial charge on any atom is -0.338 e. The second-order valence-corrected chi connectivity index (χ2v) is 6.70. The summed E-state index contributed by atoms with van der Waals surface area (Å²) >= 11 is 3.32. The lowest BCUT2D eigenvalue weighted by Gasteiger charge is -2.34. The van der Waals surface area contributed by atoms with Crippen molar-refractivity contribution in [3.05, 3.63) is 16.9 Å². The van der Waals surface area contributed by atoms with Crippen LogP contribution in [0.25, 0.3) is 0 Å². The summed E-state index contributed by atoms with van der Waals surface area (Å²) in [4.78, 5) is 26.0. The predicted molar refractivity (Wildman–Crippen MR) is 84.2 cm³/mol. The Labute approximate surface area is 137 Å². The summed E-state index contributed by atoms with van der Waals surface area (Å²) in [6, 6.07) is -0.264. The highest BCUT2D eigenvalue weighted by atomic mass is 79.9. The molecule has 3 rings (SSSR count). The van der Waals surface area contributed by atoms with Gasteiger partial charge in [-0.05, 0) is 41.6 Å². The molecule has 1 aromatic rings. The lowest BCUT2D eigenvalue weighted by atomic mass is 9.92. The van der Waals surface area contributed by atoms with Crippen LogP contribution in [0.5, 0.6) is 0 Å². The lowest BCUT2D eigenvalue weighted by molar-refractivity contribution is -0.132. The molecule has 1 unspecified atom stereocenters. The van der Waals surface area contributed by atoms with E-state index in [4.69, 9.17) is 0 Å². The van der Waals surface area contributed by atoms with Crippen LogP contribution in [-0.4, -0.2) is 51.8 Å². The number of carbonyl (C=O) groups is 2. The second kappa shape index (κ2) is 6.68. The molecule has 0 spiro atoms. The lowest BCUT2D eigenvalue weighted by Crippen LogP contribution is -2.49. The summed E-state index contributed by atoms with van der Waals surface area (Å²) in [5.74, 6) is 0.0656. The zero-order valence-corrected chi connectivity index (χ0v) is 13.9. The average Bonchev–Trinajstić information content (AvgIpc) is 2.98. The van der Waals surface area contributed by atoms with Crippen LogP contribution >= 0.6 is 15.9 Å². The molecule has 3 amide bonds. The molecule has 2 fully saturated rings. The number of hydrogen-bond acceptors (Lipinski definition) is 3. The molecule has 1 atom stereocenters. The second-order valence-electron chi connectivity index (χ2n) is 5.78. The highest BCUT2D eigenvalue weighted by Crippen LogP contribution is 2.28. The van der Waals surface area contributed by atoms with Crippen molar-refractivity contribution in [2.75, 3.05) is 13.1 Å². The first-order chi connectivity index (χ1) is 10.6. The van der Waals surface area contributed by atoms with Gasteiger partial charge in [-0.1, -0.05) is 0 Å². The third-order valence-corrected chi connectivity index (χ3v) is 4.70. The van der Waals surface area contributed by atoms with E-state index < -0.39 is 0 Å². The number of rotatable bonds is 5. The Bertz CT molecular complexity index is 557. The van der Waals surface area contributed by atoms with E-state index in [1.807, 2.05) is 11.1 Å². The van der Waals surface area contributed by atoms with Crippen LogP contribution in [0, 0.1) is 0 Å². The first kappa shape index (κ1) is 15.3. The number of urea groups is 1. The fourth-order valence-corrected chi connectivity index (χ4v) is 3.18. The van der Waals surface area contributed by atoms with Gasteiger partial charge in [0.25, 0.3) is 0 Å². The molecule has 22 heavy (non-hydrogen) atoms. The molecule has 2 aliphatic rings. The van der Waals surface area contributed by atoms with E-state index in [2.05, 4.69) is 31.7 Å². The molecule has 120 valence electrons. The number of nitrogens with zero attached hydrogens (tertiary/aromatic N) is 3. The first-order valence-corrected chi connectivity index (χ1v) is 8.45. The van der Waals surface area contributed by atoms with E-state index in [0.717, 1.165) is 23.9 Å². The van der Waals surface area contributed by atoms with Crippen molar-refractivity contribution in [3.63, 3.8) is 0 Å². The number of hydrogen-bond donors (Lipinski definition) is 2. The quantitative estimate of drug-likeness (QED) is 0.815. The van der Waals surface area contributed by atoms with Gasteiger partial charge in [0.2, 0.25) is 5.91 Å². The van der Waals surface area contributed by atoms with Crippen LogP contribution in [0.4, 0.5) is 4.79 Å². The fourth-order valence-electron chi connectivity index (χ4n) is 2.85. The summed E-state index contributed by atoms with van der Waals surface area (Å²) in [5, 5.41) is 9.65. The standard InChI is InChI=1S/C14H20BrN5O2/c15-10-8-17-19(9-10)7-5-16-14(22)18-12-4-6-20(13(12)21)11-2-1-3-11/h8-9,11-12H,1-7H2,(H2,16,18,22). The van der Waals surface area contributed by atoms with E-state index >= 15 is 0 Å². The van der Waals surface area contributed by atoms with E-state index in [0.29, 0.717) is 25.6 Å². The topological polar surface area (TPSA) is 79.3 Å². The Kier molecular flexibility index (Phi) is 4.66. The van der Waals surface area contributed by atoms with Gasteiger partial charge in [-0.25, -0.2) is 4.79 Å². The third-order valence-electron chi connectivity index (χ3n) is 4.29. The van der Waals surface area contributed by atoms with Crippen LogP contribution in [-0.2, 0) is 11.3 Å². The number of likely N-dealkylation sites (tertiary alicyclic amines) is 1. The molecule has 1 saturated carbocycles. The molecule has 1 aliphatic carbocycles. The van der Waals surface area contributed by atoms with Crippen molar-refractivity contribution < 1.29 is 9.59 Å². The number of halogens is 1. The van der Waals surface area contributed by atoms with Crippen LogP contribution in [0.2, 0.25) is 0 Å². The highest BCUT2D eigenvalue weighted by molar-refractivity contribution is 9.10. The summed E-state index contributed by atoms with van der Waals surface area (Å²) in [6.45, 7) is 1.81. The van der Waals surface area contributed by atoms with Gasteiger partial charge in [-0.15, -0.1) is 0 Å². The largest absolute Gasteiger partial charge is 0.338 e. The molecule has 0 bridgehead atoms. The average molecular weight is 370 g/mol. The molecule has 0 aromatic carbocycles. The Balaban J connectivity index is 1.39. The minimum absolute atomic E-state index is 0.0656. The number of carbonyl (C=O) groups excluding carboxylic acids is 2. The number of amides is 3. The third kappa shape index (κ3) is 3.43. The fraction of sp³-hybridized carbons (Fsp3) is 0.643. The van der Waals surface area contributed by atoms with Crippen molar-refractivity contribution in [2.45, 2.75) is 44.3 Å². The molecule has 8 heteroatoms. The smallest absolute Gasteiger partial charge is 0.315 e. The van der Waals surface area contributed by atoms with Crippen LogP contribution in [0.3, 0.4) is 0 Å². The Hall–Kier alpha value is -1.57. The maximum atomic E-state index is 12.2. The van der Waals surface area contributed by atoms with Crippen molar-refractivity contribution >= 4 is 27.9 Å². The van der Waals surface area contributed by atoms with Crippen molar-refractivity contribution in [2.24, 2.45) is 0 Å². The van der Waals surface area contributed by atoms with E-state index in [-0.39, 0.29) is 18.0 Å². The van der Waals surface area contributed by atoms with Gasteiger partial charge < -0.3 is 15.5 Å². The Morgan fingerprint density at radius 2 is 2.23 bits per heavy atom. The summed E-state index contributed by atoms with van der Waals surface area (Å²) < 4.78 is 2.65. The molecule has 7 nitrogen and oxygen atoms in total. The summed E-state index contributed by atoms with van der Waals surface area (Å²) in [5.41, 5.74) is 0. The molecule has 2 N–H and O–H groups in total. The van der Waals surface area contributed by atoms with Crippen molar-refractivity contribution in [1.82, 2.24) is 25.3 Å². The molecular formula is C14H20BrN5O2. The monoisotopic (exact) mass is 369 g/mol. The minimum atomic E-state index is -0.376. The van der Waals surface area contributed by atoms with E-state index in [9.17, 15) is 9.59 Å². The predicted octanol–water partition coefficient (Wildman–Crippen LogP) is 1.10. The molecular weight excluding hydrogens is 350 g/mol. The molecule has 1 aromatic heterocycles. The molecule has 0 radical (unpaired) electrons. The van der Waals surface area contributed by atoms with Crippen LogP contribution < -0.4 is 10.6 Å². The molecule has 1 saturated heterocycles. The highest BCUT2D eigenvalue weighted by Gasteiger charge is 2.38. The maximum Gasteiger partial charge on any atom is 0.315 e. The first-order valence-electron chi connectivity index (χ1n) is 7.66. The maximum absolute atomic E-state index is 12.2.